The Kier molecular flexibility index (Phi) is 5.46. The van der Waals surface area contributed by atoms with E-state index in [4.69, 9.17) is 0 Å². The van der Waals surface area contributed by atoms with Crippen molar-refractivity contribution in [3.05, 3.63) is 23.8 Å². The molecule has 0 aromatic carbocycles. The van der Waals surface area contributed by atoms with Crippen molar-refractivity contribution in [1.29, 1.82) is 0 Å². The molecule has 1 nitrogen and oxygen atoms in total. The number of aromatic nitrogens is 1. The van der Waals surface area contributed by atoms with Crippen LogP contribution < -0.4 is 56.8 Å². The summed E-state index contributed by atoms with van der Waals surface area (Å²) >= 11 is 0. The summed E-state index contributed by atoms with van der Waals surface area (Å²) in [6.45, 7) is -5.55. The fraction of sp³-hybridized carbons (Fsp3) is 0.167. The Bertz CT molecular complexity index is 374. The van der Waals surface area contributed by atoms with Gasteiger partial charge in [-0.25, -0.2) is 4.39 Å². The summed E-state index contributed by atoms with van der Waals surface area (Å²) in [7, 11) is 0. The third-order valence-electron chi connectivity index (χ3n) is 1.51. The molecule has 0 aliphatic carbocycles. The van der Waals surface area contributed by atoms with E-state index in [2.05, 4.69) is 4.98 Å². The summed E-state index contributed by atoms with van der Waals surface area (Å²) in [5.41, 5.74) is -3.45. The average Bonchev–Trinajstić information content (AvgIpc) is 1.99. The molecule has 1 aromatic rings. The fourth-order valence-electron chi connectivity index (χ4n) is 0.840. The molecule has 0 N–H and O–H groups in total. The van der Waals surface area contributed by atoms with Crippen molar-refractivity contribution in [3.63, 3.8) is 0 Å². The minimum Gasteiger partial charge on any atom is -0.445 e. The Morgan fingerprint density at radius 1 is 1.12 bits per heavy atom. The molecule has 1 aromatic heterocycles. The van der Waals surface area contributed by atoms with E-state index in [-0.39, 0.29) is 63.6 Å². The van der Waals surface area contributed by atoms with Crippen LogP contribution in [-0.4, -0.2) is 12.0 Å². The van der Waals surface area contributed by atoms with E-state index in [1.165, 1.54) is 0 Å². The number of halogens is 7. The Balaban J connectivity index is 0.00000225. The van der Waals surface area contributed by atoms with E-state index >= 15 is 0 Å². The van der Waals surface area contributed by atoms with Crippen LogP contribution in [-0.2, 0) is 6.18 Å². The molecule has 0 saturated heterocycles. The van der Waals surface area contributed by atoms with Crippen LogP contribution in [0.15, 0.2) is 12.3 Å². The zero-order valence-corrected chi connectivity index (χ0v) is 10.9. The standard InChI is InChI=1S/C6H2BF7N.K/c8-4-1-3(7(12,13)14)2-15-5(4)6(9,10)11;/h1-2H;/q-1;+1. The van der Waals surface area contributed by atoms with Gasteiger partial charge in [0.05, 0.1) is 0 Å². The smallest absolute Gasteiger partial charge is 0.445 e. The van der Waals surface area contributed by atoms with Crippen molar-refractivity contribution < 1.29 is 81.9 Å². The number of pyridine rings is 1. The molecular weight excluding hydrogens is 269 g/mol. The molecule has 0 unspecified atom stereocenters. The summed E-state index contributed by atoms with van der Waals surface area (Å²) in [6.07, 6.45) is -5.13. The first-order chi connectivity index (χ1) is 6.62. The van der Waals surface area contributed by atoms with Crippen LogP contribution in [0.25, 0.3) is 0 Å². The summed E-state index contributed by atoms with van der Waals surface area (Å²) in [6, 6.07) is -0.212. The van der Waals surface area contributed by atoms with Gasteiger partial charge in [-0.3, -0.25) is 4.98 Å². The van der Waals surface area contributed by atoms with Crippen LogP contribution in [0.2, 0.25) is 0 Å². The number of alkyl halides is 3. The number of nitrogens with zero attached hydrogens (tertiary/aromatic N) is 1. The van der Waals surface area contributed by atoms with Gasteiger partial charge < -0.3 is 12.9 Å². The molecule has 1 heterocycles. The second kappa shape index (κ2) is 5.34. The van der Waals surface area contributed by atoms with Crippen molar-refractivity contribution in [2.45, 2.75) is 6.18 Å². The number of hydrogen-bond acceptors (Lipinski definition) is 1. The van der Waals surface area contributed by atoms with Crippen molar-refractivity contribution in [3.8, 4) is 0 Å². The molecule has 1 rings (SSSR count). The van der Waals surface area contributed by atoms with E-state index < -0.39 is 30.1 Å². The van der Waals surface area contributed by atoms with Gasteiger partial charge in [0.15, 0.2) is 11.5 Å². The van der Waals surface area contributed by atoms with Crippen LogP contribution >= 0.6 is 0 Å². The van der Waals surface area contributed by atoms with Crippen molar-refractivity contribution in [2.24, 2.45) is 0 Å². The van der Waals surface area contributed by atoms with Gasteiger partial charge >= 0.3 is 64.5 Å². The first-order valence-corrected chi connectivity index (χ1v) is 3.55. The van der Waals surface area contributed by atoms with Crippen molar-refractivity contribution in [1.82, 2.24) is 4.98 Å². The molecule has 0 aliphatic heterocycles. The van der Waals surface area contributed by atoms with Crippen molar-refractivity contribution >= 4 is 12.4 Å². The maximum absolute atomic E-state index is 12.6. The monoisotopic (exact) mass is 271 g/mol. The third kappa shape index (κ3) is 3.99. The normalized spacial score (nSPS) is 12.2. The Hall–Kier alpha value is 0.361. The second-order valence-electron chi connectivity index (χ2n) is 2.67. The molecule has 0 spiro atoms. The molecule has 84 valence electrons. The number of rotatable bonds is 1. The molecule has 0 amide bonds. The maximum atomic E-state index is 12.6. The predicted octanol–water partition coefficient (Wildman–Crippen LogP) is -0.702. The van der Waals surface area contributed by atoms with E-state index in [0.29, 0.717) is 0 Å². The van der Waals surface area contributed by atoms with E-state index in [0.717, 1.165) is 0 Å². The Morgan fingerprint density at radius 2 is 1.62 bits per heavy atom. The van der Waals surface area contributed by atoms with Crippen LogP contribution in [0, 0.1) is 5.82 Å². The fourth-order valence-corrected chi connectivity index (χ4v) is 0.840. The van der Waals surface area contributed by atoms with Crippen LogP contribution in [0.5, 0.6) is 0 Å². The SMILES string of the molecule is Fc1cc([B-](F)(F)F)cnc1C(F)(F)F.[K+]. The molecule has 0 aliphatic rings. The van der Waals surface area contributed by atoms with Gasteiger partial charge in [0, 0.05) is 6.20 Å². The van der Waals surface area contributed by atoms with Crippen LogP contribution in [0.3, 0.4) is 0 Å². The van der Waals surface area contributed by atoms with E-state index in [9.17, 15) is 30.5 Å². The van der Waals surface area contributed by atoms with Gasteiger partial charge in [0.2, 0.25) is 0 Å². The zero-order valence-electron chi connectivity index (χ0n) is 7.83. The summed E-state index contributed by atoms with van der Waals surface area (Å²) in [5, 5.41) is 0. The molecule has 16 heavy (non-hydrogen) atoms. The van der Waals surface area contributed by atoms with Crippen LogP contribution in [0.1, 0.15) is 5.69 Å². The first-order valence-electron chi connectivity index (χ1n) is 3.55. The molecule has 0 bridgehead atoms. The molecule has 0 atom stereocenters. The second-order valence-corrected chi connectivity index (χ2v) is 2.67. The molecular formula is C6H2BF7KN. The topological polar surface area (TPSA) is 12.9 Å². The van der Waals surface area contributed by atoms with Crippen molar-refractivity contribution in [2.75, 3.05) is 0 Å². The van der Waals surface area contributed by atoms with Gasteiger partial charge in [0.25, 0.3) is 0 Å². The van der Waals surface area contributed by atoms with Gasteiger partial charge in [-0.15, -0.1) is 0 Å². The van der Waals surface area contributed by atoms with Gasteiger partial charge in [-0.05, 0) is 6.07 Å². The largest absolute Gasteiger partial charge is 1.00 e. The van der Waals surface area contributed by atoms with E-state index in [1.807, 2.05) is 0 Å². The zero-order chi connectivity index (χ0) is 11.9. The summed E-state index contributed by atoms with van der Waals surface area (Å²) in [4.78, 5) is 2.41. The van der Waals surface area contributed by atoms with Crippen LogP contribution in [0.4, 0.5) is 30.5 Å². The quantitative estimate of drug-likeness (QED) is 0.486. The minimum absolute atomic E-state index is 0. The average molecular weight is 271 g/mol. The third-order valence-corrected chi connectivity index (χ3v) is 1.51. The summed E-state index contributed by atoms with van der Waals surface area (Å²) in [5.74, 6) is -2.03. The van der Waals surface area contributed by atoms with Gasteiger partial charge in [0.1, 0.15) is 0 Å². The van der Waals surface area contributed by atoms with E-state index in [1.54, 1.807) is 0 Å². The molecule has 0 saturated carbocycles. The molecule has 10 heteroatoms. The minimum atomic E-state index is -5.55. The molecule has 0 fully saturated rings. The molecule has 0 radical (unpaired) electrons. The van der Waals surface area contributed by atoms with Gasteiger partial charge in [-0.2, -0.15) is 13.2 Å². The Labute approximate surface area is 128 Å². The Morgan fingerprint density at radius 3 is 1.94 bits per heavy atom. The maximum Gasteiger partial charge on any atom is 1.00 e. The first kappa shape index (κ1) is 16.4. The van der Waals surface area contributed by atoms with Gasteiger partial charge in [-0.1, -0.05) is 5.46 Å². The summed E-state index contributed by atoms with van der Waals surface area (Å²) < 4.78 is 84.2. The predicted molar refractivity (Wildman–Crippen MR) is 37.9 cm³/mol. The number of hydrogen-bond donors (Lipinski definition) is 0.